The molecule has 0 saturated carbocycles. The second kappa shape index (κ2) is 4.73. The van der Waals surface area contributed by atoms with Crippen LogP contribution in [-0.2, 0) is 0 Å². The minimum atomic E-state index is -0.449. The van der Waals surface area contributed by atoms with Gasteiger partial charge >= 0.3 is 0 Å². The fraction of sp³-hybridized carbons (Fsp3) is 0. The molecule has 0 radical (unpaired) electrons. The number of hydrogen-bond acceptors (Lipinski definition) is 2. The monoisotopic (exact) mass is 468 g/mol. The number of nitrogens with zero attached hydrogens (tertiary/aromatic N) is 2. The van der Waals surface area contributed by atoms with E-state index in [9.17, 15) is 5.21 Å². The van der Waals surface area contributed by atoms with E-state index in [1.54, 1.807) is 0 Å². The van der Waals surface area contributed by atoms with Crippen molar-refractivity contribution in [1.82, 2.24) is 0 Å². The summed E-state index contributed by atoms with van der Waals surface area (Å²) in [5.41, 5.74) is 0.429. The predicted molar refractivity (Wildman–Crippen MR) is 67.1 cm³/mol. The van der Waals surface area contributed by atoms with Crippen LogP contribution in [0.5, 0.6) is 0 Å². The molecule has 0 spiro atoms. The van der Waals surface area contributed by atoms with Gasteiger partial charge in [-0.3, -0.25) is 0 Å². The summed E-state index contributed by atoms with van der Waals surface area (Å²) < 4.78 is 2.51. The zero-order valence-electron chi connectivity index (χ0n) is 6.04. The highest BCUT2D eigenvalue weighted by atomic mass is 127. The first-order valence-electron chi connectivity index (χ1n) is 3.03. The van der Waals surface area contributed by atoms with Crippen LogP contribution in [0.2, 0.25) is 0 Å². The summed E-state index contributed by atoms with van der Waals surface area (Å²) in [7, 11) is 0. The van der Waals surface area contributed by atoms with Crippen LogP contribution in [0.1, 0.15) is 0 Å². The molecule has 1 aromatic carbocycles. The van der Waals surface area contributed by atoms with Crippen LogP contribution in [0.15, 0.2) is 21.7 Å². The molecule has 1 aromatic rings. The molecule has 0 aliphatic heterocycles. The Morgan fingerprint density at radius 1 is 1.46 bits per heavy atom. The Morgan fingerprint density at radius 2 is 2.08 bits per heavy atom. The molecule has 0 unspecified atom stereocenters. The average Bonchev–Trinajstić information content (AvgIpc) is 1.96. The van der Waals surface area contributed by atoms with Crippen molar-refractivity contribution in [2.45, 2.75) is 0 Å². The number of benzene rings is 1. The van der Waals surface area contributed by atoms with Gasteiger partial charge in [-0.1, -0.05) is 0 Å². The summed E-state index contributed by atoms with van der Waals surface area (Å²) in [6.45, 7) is 0. The van der Waals surface area contributed by atoms with Gasteiger partial charge in [0.1, 0.15) is 0 Å². The van der Waals surface area contributed by atoms with Crippen LogP contribution in [-0.4, -0.2) is 10.2 Å². The molecule has 0 atom stereocenters. The Balaban J connectivity index is 3.29. The third kappa shape index (κ3) is 3.20. The Labute approximate surface area is 110 Å². The predicted octanol–water partition coefficient (Wildman–Crippen LogP) is 3.64. The lowest BCUT2D eigenvalue weighted by molar-refractivity contribution is -0.774. The van der Waals surface area contributed by atoms with Gasteiger partial charge in [0.15, 0.2) is 10.7 Å². The maximum absolute atomic E-state index is 10.3. The molecule has 0 aromatic heterocycles. The van der Waals surface area contributed by atoms with Crippen molar-refractivity contribution in [3.8, 4) is 0 Å². The van der Waals surface area contributed by atoms with Crippen molar-refractivity contribution < 1.29 is 10.2 Å². The Hall–Kier alpha value is 0.360. The van der Waals surface area contributed by atoms with Crippen LogP contribution >= 0.6 is 61.1 Å². The normalized spacial score (nSPS) is 11.8. The van der Waals surface area contributed by atoms with Crippen molar-refractivity contribution >= 4 is 66.8 Å². The molecule has 0 saturated heterocycles. The molecule has 7 heteroatoms. The van der Waals surface area contributed by atoms with Gasteiger partial charge in [0, 0.05) is 7.14 Å². The third-order valence-corrected chi connectivity index (χ3v) is 3.22. The molecule has 0 aliphatic rings. The van der Waals surface area contributed by atoms with Crippen molar-refractivity contribution in [3.05, 3.63) is 29.0 Å². The molecular weight excluding hydrogens is 466 g/mol. The summed E-state index contributed by atoms with van der Waals surface area (Å²) in [4.78, 5) is 0. The number of rotatable bonds is 1. The second-order valence-electron chi connectivity index (χ2n) is 2.07. The average molecular weight is 469 g/mol. The summed E-state index contributed by atoms with van der Waals surface area (Å²) in [6.07, 6.45) is 0. The topological polar surface area (TPSA) is 58.7 Å². The van der Waals surface area contributed by atoms with E-state index in [1.807, 2.05) is 34.7 Å². The van der Waals surface area contributed by atoms with Crippen molar-refractivity contribution in [2.24, 2.45) is 5.11 Å². The van der Waals surface area contributed by atoms with Crippen LogP contribution in [0, 0.1) is 12.3 Å². The SMILES string of the molecule is [O-]/[N+](O)=N/c1c(Br)cc(I)cc1I. The molecular formula is C6H3BrI2N2O2. The van der Waals surface area contributed by atoms with Crippen molar-refractivity contribution in [3.63, 3.8) is 0 Å². The zero-order chi connectivity index (χ0) is 10.0. The molecule has 70 valence electrons. The smallest absolute Gasteiger partial charge is 0.171 e. The first kappa shape index (κ1) is 11.4. The van der Waals surface area contributed by atoms with Gasteiger partial charge in [0.2, 0.25) is 0 Å². The lowest BCUT2D eigenvalue weighted by Crippen LogP contribution is -1.90. The molecule has 1 N–H and O–H groups in total. The van der Waals surface area contributed by atoms with Gasteiger partial charge in [-0.05, 0) is 73.2 Å². The molecule has 0 amide bonds. The largest absolute Gasteiger partial charge is 0.394 e. The van der Waals surface area contributed by atoms with E-state index in [1.165, 1.54) is 0 Å². The second-order valence-corrected chi connectivity index (χ2v) is 5.33. The highest BCUT2D eigenvalue weighted by Gasteiger charge is 2.09. The molecule has 0 bridgehead atoms. The Morgan fingerprint density at radius 3 is 2.54 bits per heavy atom. The Bertz CT molecular complexity index is 343. The van der Waals surface area contributed by atoms with Crippen molar-refractivity contribution in [2.75, 3.05) is 0 Å². The van der Waals surface area contributed by atoms with Gasteiger partial charge < -0.3 is 5.21 Å². The van der Waals surface area contributed by atoms with Gasteiger partial charge in [-0.25, -0.2) is 5.21 Å². The minimum absolute atomic E-state index is 0.429. The summed E-state index contributed by atoms with van der Waals surface area (Å²) >= 11 is 7.44. The first-order chi connectivity index (χ1) is 6.00. The molecule has 4 nitrogen and oxygen atoms in total. The lowest BCUT2D eigenvalue weighted by atomic mass is 10.3. The van der Waals surface area contributed by atoms with E-state index < -0.39 is 5.02 Å². The van der Waals surface area contributed by atoms with Crippen LogP contribution in [0.25, 0.3) is 0 Å². The van der Waals surface area contributed by atoms with E-state index in [0.29, 0.717) is 10.2 Å². The van der Waals surface area contributed by atoms with Gasteiger partial charge in [0.05, 0.1) is 9.59 Å². The molecule has 0 fully saturated rings. The summed E-state index contributed by atoms with van der Waals surface area (Å²) in [6, 6.07) is 3.67. The number of halogens is 3. The Kier molecular flexibility index (Phi) is 4.16. The van der Waals surface area contributed by atoms with E-state index in [-0.39, 0.29) is 0 Å². The molecule has 1 rings (SSSR count). The summed E-state index contributed by atoms with van der Waals surface area (Å²) in [5.74, 6) is 0. The third-order valence-electron chi connectivity index (χ3n) is 1.17. The standard InChI is InChI=1S/C6H3BrI2N2O2/c7-4-1-3(8)2-5(9)6(4)10-11(12)13/h1-2H,(H,10,12,13). The highest BCUT2D eigenvalue weighted by Crippen LogP contribution is 2.32. The zero-order valence-corrected chi connectivity index (χ0v) is 11.9. The molecule has 0 aliphatic carbocycles. The van der Waals surface area contributed by atoms with E-state index in [0.717, 1.165) is 7.14 Å². The first-order valence-corrected chi connectivity index (χ1v) is 5.98. The maximum atomic E-state index is 10.3. The van der Waals surface area contributed by atoms with E-state index in [2.05, 4.69) is 43.6 Å². The maximum Gasteiger partial charge on any atom is 0.171 e. The molecule has 0 heterocycles. The molecule has 13 heavy (non-hydrogen) atoms. The van der Waals surface area contributed by atoms with Crippen LogP contribution in [0.4, 0.5) is 5.69 Å². The van der Waals surface area contributed by atoms with E-state index >= 15 is 0 Å². The fourth-order valence-electron chi connectivity index (χ4n) is 0.716. The minimum Gasteiger partial charge on any atom is -0.394 e. The van der Waals surface area contributed by atoms with Gasteiger partial charge in [-0.2, -0.15) is 0 Å². The highest BCUT2D eigenvalue weighted by molar-refractivity contribution is 14.1. The van der Waals surface area contributed by atoms with Crippen molar-refractivity contribution in [1.29, 1.82) is 0 Å². The lowest BCUT2D eigenvalue weighted by Gasteiger charge is -1.99. The quantitative estimate of drug-likeness (QED) is 0.389. The summed E-state index contributed by atoms with van der Waals surface area (Å²) in [5, 5.41) is 21.6. The van der Waals surface area contributed by atoms with E-state index in [4.69, 9.17) is 5.21 Å². The van der Waals surface area contributed by atoms with Gasteiger partial charge in [0.25, 0.3) is 0 Å². The number of hydrogen-bond donors (Lipinski definition) is 1. The van der Waals surface area contributed by atoms with Crippen LogP contribution in [0.3, 0.4) is 0 Å². The van der Waals surface area contributed by atoms with Gasteiger partial charge in [-0.15, -0.1) is 0 Å². The fourth-order valence-corrected chi connectivity index (χ4v) is 4.01. The van der Waals surface area contributed by atoms with Crippen LogP contribution < -0.4 is 0 Å².